The Kier molecular flexibility index (Phi) is 8.02. The molecule has 0 saturated carbocycles. The lowest BCUT2D eigenvalue weighted by atomic mass is 10.2. The first-order valence-corrected chi connectivity index (χ1v) is 9.78. The van der Waals surface area contributed by atoms with Gasteiger partial charge in [-0.25, -0.2) is 8.42 Å². The van der Waals surface area contributed by atoms with Gasteiger partial charge in [-0.15, -0.1) is 0 Å². The Morgan fingerprint density at radius 1 is 1.17 bits per heavy atom. The topological polar surface area (TPSA) is 66.5 Å². The van der Waals surface area contributed by atoms with Crippen LogP contribution in [0.25, 0.3) is 0 Å². The van der Waals surface area contributed by atoms with Crippen LogP contribution in [0.2, 0.25) is 5.02 Å². The first-order valence-electron chi connectivity index (χ1n) is 7.96. The molecule has 23 heavy (non-hydrogen) atoms. The number of sulfonamides is 1. The van der Waals surface area contributed by atoms with Gasteiger partial charge in [-0.2, -0.15) is 4.31 Å². The summed E-state index contributed by atoms with van der Waals surface area (Å²) in [5.74, 6) is -0.119. The van der Waals surface area contributed by atoms with Crippen molar-refractivity contribution in [3.8, 4) is 0 Å². The zero-order valence-electron chi connectivity index (χ0n) is 13.9. The van der Waals surface area contributed by atoms with E-state index in [1.165, 1.54) is 16.4 Å². The van der Waals surface area contributed by atoms with Crippen LogP contribution in [0.4, 0.5) is 5.69 Å². The fourth-order valence-corrected chi connectivity index (χ4v) is 4.20. The molecule has 0 aromatic heterocycles. The molecule has 7 heteroatoms. The molecule has 0 radical (unpaired) electrons. The lowest BCUT2D eigenvalue weighted by molar-refractivity contribution is -0.116. The van der Waals surface area contributed by atoms with E-state index in [2.05, 4.69) is 12.2 Å². The molecule has 5 nitrogen and oxygen atoms in total. The van der Waals surface area contributed by atoms with Crippen LogP contribution in [0, 0.1) is 0 Å². The number of hydrogen-bond acceptors (Lipinski definition) is 3. The number of carbonyl (C=O) groups excluding carboxylic acids is 1. The molecular formula is C16H25ClN2O3S. The highest BCUT2D eigenvalue weighted by Crippen LogP contribution is 2.27. The van der Waals surface area contributed by atoms with E-state index in [1.807, 2.05) is 0 Å². The number of rotatable bonds is 9. The lowest BCUT2D eigenvalue weighted by Gasteiger charge is -2.19. The van der Waals surface area contributed by atoms with E-state index in [0.29, 0.717) is 25.2 Å². The van der Waals surface area contributed by atoms with Gasteiger partial charge in [-0.05, 0) is 24.6 Å². The van der Waals surface area contributed by atoms with Crippen LogP contribution in [0.1, 0.15) is 46.5 Å². The molecule has 130 valence electrons. The lowest BCUT2D eigenvalue weighted by Crippen LogP contribution is -2.30. The second-order valence-corrected chi connectivity index (χ2v) is 7.55. The van der Waals surface area contributed by atoms with Crippen LogP contribution in [-0.4, -0.2) is 31.7 Å². The van der Waals surface area contributed by atoms with Gasteiger partial charge in [-0.3, -0.25) is 4.79 Å². The predicted octanol–water partition coefficient (Wildman–Crippen LogP) is 3.89. The minimum absolute atomic E-state index is 0.0224. The quantitative estimate of drug-likeness (QED) is 0.679. The summed E-state index contributed by atoms with van der Waals surface area (Å²) in [6, 6.07) is 4.54. The highest BCUT2D eigenvalue weighted by atomic mass is 35.5. The Labute approximate surface area is 144 Å². The molecular weight excluding hydrogens is 336 g/mol. The molecule has 0 heterocycles. The van der Waals surface area contributed by atoms with Crippen molar-refractivity contribution in [2.45, 2.75) is 51.3 Å². The number of nitrogens with zero attached hydrogens (tertiary/aromatic N) is 1. The van der Waals surface area contributed by atoms with Crippen molar-refractivity contribution in [3.63, 3.8) is 0 Å². The number of halogens is 1. The molecule has 0 fully saturated rings. The van der Waals surface area contributed by atoms with E-state index in [0.717, 1.165) is 19.3 Å². The number of unbranched alkanes of at least 4 members (excludes halogenated alkanes) is 2. The molecule has 1 N–H and O–H groups in total. The molecule has 0 aliphatic heterocycles. The molecule has 1 aromatic rings. The van der Waals surface area contributed by atoms with Gasteiger partial charge < -0.3 is 5.32 Å². The molecule has 0 unspecified atom stereocenters. The van der Waals surface area contributed by atoms with Crippen LogP contribution in [0.3, 0.4) is 0 Å². The first-order chi connectivity index (χ1) is 10.9. The van der Waals surface area contributed by atoms with E-state index in [4.69, 9.17) is 11.6 Å². The van der Waals surface area contributed by atoms with Gasteiger partial charge in [0.2, 0.25) is 15.9 Å². The standard InChI is InChI=1S/C16H25ClN2O3S/c1-4-7-8-9-16(20)18-13-10-11-14(17)15(12-13)23(21,22)19(5-2)6-3/h10-12H,4-9H2,1-3H3,(H,18,20). The maximum absolute atomic E-state index is 12.6. The van der Waals surface area contributed by atoms with Gasteiger partial charge in [0.1, 0.15) is 4.90 Å². The van der Waals surface area contributed by atoms with Crippen LogP contribution < -0.4 is 5.32 Å². The summed E-state index contributed by atoms with van der Waals surface area (Å²) in [5.41, 5.74) is 0.446. The van der Waals surface area contributed by atoms with E-state index in [9.17, 15) is 13.2 Å². The molecule has 0 saturated heterocycles. The van der Waals surface area contributed by atoms with Crippen molar-refractivity contribution >= 4 is 33.2 Å². The van der Waals surface area contributed by atoms with Crippen molar-refractivity contribution in [3.05, 3.63) is 23.2 Å². The maximum Gasteiger partial charge on any atom is 0.244 e. The van der Waals surface area contributed by atoms with Gasteiger partial charge in [0.15, 0.2) is 0 Å². The highest BCUT2D eigenvalue weighted by molar-refractivity contribution is 7.89. The minimum atomic E-state index is -3.66. The second-order valence-electron chi connectivity index (χ2n) is 5.24. The van der Waals surface area contributed by atoms with E-state index in [-0.39, 0.29) is 15.8 Å². The van der Waals surface area contributed by atoms with Crippen molar-refractivity contribution in [1.82, 2.24) is 4.31 Å². The summed E-state index contributed by atoms with van der Waals surface area (Å²) in [6.07, 6.45) is 3.28. The summed E-state index contributed by atoms with van der Waals surface area (Å²) in [7, 11) is -3.66. The first kappa shape index (κ1) is 19.9. The van der Waals surface area contributed by atoms with Crippen LogP contribution >= 0.6 is 11.6 Å². The highest BCUT2D eigenvalue weighted by Gasteiger charge is 2.24. The molecule has 0 aliphatic rings. The largest absolute Gasteiger partial charge is 0.326 e. The smallest absolute Gasteiger partial charge is 0.244 e. The number of benzene rings is 1. The van der Waals surface area contributed by atoms with Crippen molar-refractivity contribution < 1.29 is 13.2 Å². The summed E-state index contributed by atoms with van der Waals surface area (Å²) in [4.78, 5) is 11.9. The summed E-state index contributed by atoms with van der Waals surface area (Å²) < 4.78 is 26.5. The Hall–Kier alpha value is -1.11. The molecule has 0 aliphatic carbocycles. The minimum Gasteiger partial charge on any atom is -0.326 e. The average Bonchev–Trinajstić information content (AvgIpc) is 2.50. The average molecular weight is 361 g/mol. The Morgan fingerprint density at radius 2 is 1.83 bits per heavy atom. The monoisotopic (exact) mass is 360 g/mol. The summed E-state index contributed by atoms with van der Waals surface area (Å²) >= 11 is 6.06. The van der Waals surface area contributed by atoms with Gasteiger partial charge >= 0.3 is 0 Å². The summed E-state index contributed by atoms with van der Waals surface area (Å²) in [5, 5.41) is 2.89. The van der Waals surface area contributed by atoms with Gasteiger partial charge in [-0.1, -0.05) is 45.2 Å². The molecule has 0 spiro atoms. The molecule has 1 rings (SSSR count). The second kappa shape index (κ2) is 9.25. The maximum atomic E-state index is 12.6. The third-order valence-corrected chi connectivity index (χ3v) is 6.08. The normalized spacial score (nSPS) is 11.7. The zero-order valence-corrected chi connectivity index (χ0v) is 15.5. The predicted molar refractivity (Wildman–Crippen MR) is 94.3 cm³/mol. The zero-order chi connectivity index (χ0) is 17.5. The Balaban J connectivity index is 2.98. The number of hydrogen-bond donors (Lipinski definition) is 1. The van der Waals surface area contributed by atoms with Gasteiger partial charge in [0.25, 0.3) is 0 Å². The molecule has 1 aromatic carbocycles. The van der Waals surface area contributed by atoms with Gasteiger partial charge in [0.05, 0.1) is 5.02 Å². The SMILES string of the molecule is CCCCCC(=O)Nc1ccc(Cl)c(S(=O)(=O)N(CC)CC)c1. The van der Waals surface area contributed by atoms with Crippen LogP contribution in [0.15, 0.2) is 23.1 Å². The fourth-order valence-electron chi connectivity index (χ4n) is 2.24. The van der Waals surface area contributed by atoms with Crippen LogP contribution in [-0.2, 0) is 14.8 Å². The van der Waals surface area contributed by atoms with E-state index < -0.39 is 10.0 Å². The third kappa shape index (κ3) is 5.48. The molecule has 0 atom stereocenters. The third-order valence-electron chi connectivity index (χ3n) is 3.55. The van der Waals surface area contributed by atoms with Crippen molar-refractivity contribution in [1.29, 1.82) is 0 Å². The van der Waals surface area contributed by atoms with Crippen molar-refractivity contribution in [2.75, 3.05) is 18.4 Å². The van der Waals surface area contributed by atoms with E-state index >= 15 is 0 Å². The fraction of sp³-hybridized carbons (Fsp3) is 0.562. The Morgan fingerprint density at radius 3 is 2.39 bits per heavy atom. The van der Waals surface area contributed by atoms with Crippen LogP contribution in [0.5, 0.6) is 0 Å². The number of anilines is 1. The number of carbonyl (C=O) groups is 1. The number of nitrogens with one attached hydrogen (secondary N) is 1. The number of amides is 1. The molecule has 1 amide bonds. The summed E-state index contributed by atoms with van der Waals surface area (Å²) in [6.45, 7) is 6.34. The van der Waals surface area contributed by atoms with Gasteiger partial charge in [0, 0.05) is 25.2 Å². The van der Waals surface area contributed by atoms with E-state index in [1.54, 1.807) is 19.9 Å². The Bertz CT molecular complexity index is 628. The van der Waals surface area contributed by atoms with Crippen molar-refractivity contribution in [2.24, 2.45) is 0 Å². The molecule has 0 bridgehead atoms.